The molecule has 1 fully saturated rings. The molecule has 0 bridgehead atoms. The van der Waals surface area contributed by atoms with Crippen LogP contribution in [0.1, 0.15) is 53.6 Å². The smallest absolute Gasteiger partial charge is 0.270 e. The molecule has 0 atom stereocenters. The fourth-order valence-corrected chi connectivity index (χ4v) is 4.98. The molecule has 1 saturated carbocycles. The van der Waals surface area contributed by atoms with Crippen molar-refractivity contribution in [1.29, 1.82) is 0 Å². The summed E-state index contributed by atoms with van der Waals surface area (Å²) in [5, 5.41) is 6.27. The predicted molar refractivity (Wildman–Crippen MR) is 151 cm³/mol. The van der Waals surface area contributed by atoms with Gasteiger partial charge in [-0.2, -0.15) is 0 Å². The van der Waals surface area contributed by atoms with Crippen molar-refractivity contribution < 1.29 is 14.4 Å². The van der Waals surface area contributed by atoms with Crippen molar-refractivity contribution >= 4 is 35.0 Å². The highest BCUT2D eigenvalue weighted by atomic mass is 16.2. The standard InChI is InChI=1S/C32H31N3O3/c1-22-16-19-25(20-17-22)35(28(36)21-18-23-10-4-2-5-11-23)30(32(38)33-24-12-6-3-7-13-24)29-31(37)26-14-8-9-15-27(26)34-29/h2,4-5,8-11,14-21,24,34H,3,6-7,12-13H2,1H3,(H,33,38)/b21-18+,30-29-. The van der Waals surface area contributed by atoms with Crippen molar-refractivity contribution in [3.05, 3.63) is 113 Å². The molecule has 6 nitrogen and oxygen atoms in total. The highest BCUT2D eigenvalue weighted by Crippen LogP contribution is 2.33. The molecule has 2 N–H and O–H groups in total. The Morgan fingerprint density at radius 3 is 2.29 bits per heavy atom. The number of anilines is 2. The second kappa shape index (κ2) is 11.3. The van der Waals surface area contributed by atoms with Crippen LogP contribution in [0.4, 0.5) is 11.4 Å². The van der Waals surface area contributed by atoms with Crippen LogP contribution in [0.3, 0.4) is 0 Å². The lowest BCUT2D eigenvalue weighted by Gasteiger charge is -2.28. The first-order chi connectivity index (χ1) is 18.5. The molecule has 5 rings (SSSR count). The third kappa shape index (κ3) is 5.44. The van der Waals surface area contributed by atoms with Crippen molar-refractivity contribution in [3.8, 4) is 0 Å². The molecule has 38 heavy (non-hydrogen) atoms. The number of fused-ring (bicyclic) bond motifs is 1. The summed E-state index contributed by atoms with van der Waals surface area (Å²) in [4.78, 5) is 42.8. The van der Waals surface area contributed by atoms with Crippen LogP contribution >= 0.6 is 0 Å². The molecule has 0 radical (unpaired) electrons. The highest BCUT2D eigenvalue weighted by molar-refractivity contribution is 6.24. The molecule has 1 aliphatic carbocycles. The lowest BCUT2D eigenvalue weighted by atomic mass is 9.95. The second-order valence-corrected chi connectivity index (χ2v) is 9.78. The lowest BCUT2D eigenvalue weighted by molar-refractivity contribution is -0.120. The Morgan fingerprint density at radius 1 is 0.895 bits per heavy atom. The summed E-state index contributed by atoms with van der Waals surface area (Å²) in [5.74, 6) is -1.18. The Morgan fingerprint density at radius 2 is 1.58 bits per heavy atom. The number of carbonyl (C=O) groups excluding carboxylic acids is 3. The van der Waals surface area contributed by atoms with Gasteiger partial charge in [-0.05, 0) is 55.7 Å². The summed E-state index contributed by atoms with van der Waals surface area (Å²) in [5.41, 5.74) is 3.57. The number of hydrogen-bond acceptors (Lipinski definition) is 4. The molecule has 0 spiro atoms. The average molecular weight is 506 g/mol. The maximum absolute atomic E-state index is 14.0. The number of Topliss-reactive ketones (excluding diaryl/α,β-unsaturated/α-hetero) is 1. The minimum absolute atomic E-state index is 0.000520. The zero-order chi connectivity index (χ0) is 26.5. The average Bonchev–Trinajstić information content (AvgIpc) is 3.28. The van der Waals surface area contributed by atoms with Gasteiger partial charge in [-0.25, -0.2) is 0 Å². The van der Waals surface area contributed by atoms with Gasteiger partial charge in [-0.3, -0.25) is 19.3 Å². The third-order valence-electron chi connectivity index (χ3n) is 7.00. The minimum atomic E-state index is -0.442. The van der Waals surface area contributed by atoms with Gasteiger partial charge in [0, 0.05) is 29.1 Å². The fourth-order valence-electron chi connectivity index (χ4n) is 4.98. The summed E-state index contributed by atoms with van der Waals surface area (Å²) >= 11 is 0. The molecular weight excluding hydrogens is 474 g/mol. The first-order valence-corrected chi connectivity index (χ1v) is 13.1. The molecule has 3 aromatic carbocycles. The molecule has 0 saturated heterocycles. The lowest BCUT2D eigenvalue weighted by Crippen LogP contribution is -2.44. The van der Waals surface area contributed by atoms with E-state index in [0.29, 0.717) is 16.9 Å². The normalized spacial score (nSPS) is 16.6. The van der Waals surface area contributed by atoms with Crippen LogP contribution in [0.2, 0.25) is 0 Å². The van der Waals surface area contributed by atoms with Crippen LogP contribution in [-0.4, -0.2) is 23.6 Å². The van der Waals surface area contributed by atoms with Crippen LogP contribution in [0, 0.1) is 6.92 Å². The quantitative estimate of drug-likeness (QED) is 0.402. The molecule has 1 heterocycles. The summed E-state index contributed by atoms with van der Waals surface area (Å²) in [7, 11) is 0. The molecule has 2 aliphatic rings. The summed E-state index contributed by atoms with van der Waals surface area (Å²) in [6.07, 6.45) is 8.14. The van der Waals surface area contributed by atoms with Gasteiger partial charge in [0.05, 0.1) is 0 Å². The van der Waals surface area contributed by atoms with E-state index in [9.17, 15) is 14.4 Å². The number of benzene rings is 3. The van der Waals surface area contributed by atoms with E-state index in [1.165, 1.54) is 11.0 Å². The van der Waals surface area contributed by atoms with Crippen LogP contribution in [0.25, 0.3) is 6.08 Å². The van der Waals surface area contributed by atoms with Gasteiger partial charge in [-0.15, -0.1) is 0 Å². The van der Waals surface area contributed by atoms with Gasteiger partial charge in [0.25, 0.3) is 11.8 Å². The Labute approximate surface area is 223 Å². The number of ketones is 1. The molecule has 1 aliphatic heterocycles. The number of amides is 2. The summed E-state index contributed by atoms with van der Waals surface area (Å²) < 4.78 is 0. The van der Waals surface area contributed by atoms with Gasteiger partial charge in [0.15, 0.2) is 0 Å². The van der Waals surface area contributed by atoms with E-state index in [1.807, 2.05) is 55.5 Å². The Balaban J connectivity index is 1.61. The molecule has 0 unspecified atom stereocenters. The Kier molecular flexibility index (Phi) is 7.50. The van der Waals surface area contributed by atoms with Gasteiger partial charge < -0.3 is 10.6 Å². The number of rotatable bonds is 6. The fraction of sp³-hybridized carbons (Fsp3) is 0.219. The topological polar surface area (TPSA) is 78.5 Å². The molecule has 6 heteroatoms. The first-order valence-electron chi connectivity index (χ1n) is 13.1. The van der Waals surface area contributed by atoms with E-state index in [4.69, 9.17) is 0 Å². The maximum Gasteiger partial charge on any atom is 0.270 e. The zero-order valence-electron chi connectivity index (χ0n) is 21.4. The van der Waals surface area contributed by atoms with Crippen molar-refractivity contribution in [1.82, 2.24) is 5.32 Å². The Hall–Kier alpha value is -4.45. The van der Waals surface area contributed by atoms with Crippen LogP contribution in [0.5, 0.6) is 0 Å². The van der Waals surface area contributed by atoms with Gasteiger partial charge >= 0.3 is 0 Å². The number of hydrogen-bond donors (Lipinski definition) is 2. The highest BCUT2D eigenvalue weighted by Gasteiger charge is 2.36. The molecule has 3 aromatic rings. The van der Waals surface area contributed by atoms with Crippen LogP contribution in [0.15, 0.2) is 96.3 Å². The van der Waals surface area contributed by atoms with Gasteiger partial charge in [0.2, 0.25) is 5.78 Å². The van der Waals surface area contributed by atoms with Crippen molar-refractivity contribution in [2.24, 2.45) is 0 Å². The van der Waals surface area contributed by atoms with E-state index >= 15 is 0 Å². The number of para-hydroxylation sites is 1. The number of carbonyl (C=O) groups is 3. The maximum atomic E-state index is 14.0. The van der Waals surface area contributed by atoms with Crippen LogP contribution < -0.4 is 15.5 Å². The minimum Gasteiger partial charge on any atom is -0.350 e. The predicted octanol–water partition coefficient (Wildman–Crippen LogP) is 6.01. The first kappa shape index (κ1) is 25.2. The number of aryl methyl sites for hydroxylation is 1. The van der Waals surface area contributed by atoms with Gasteiger partial charge in [-0.1, -0.05) is 79.4 Å². The van der Waals surface area contributed by atoms with Gasteiger partial charge in [0.1, 0.15) is 11.4 Å². The second-order valence-electron chi connectivity index (χ2n) is 9.78. The van der Waals surface area contributed by atoms with E-state index in [2.05, 4.69) is 10.6 Å². The number of allylic oxidation sites excluding steroid dienone is 1. The van der Waals surface area contributed by atoms with E-state index in [-0.39, 0.29) is 23.2 Å². The van der Waals surface area contributed by atoms with Crippen LogP contribution in [-0.2, 0) is 9.59 Å². The summed E-state index contributed by atoms with van der Waals surface area (Å²) in [6, 6.07) is 24.0. The molecule has 2 amide bonds. The van der Waals surface area contributed by atoms with E-state index in [0.717, 1.165) is 43.2 Å². The van der Waals surface area contributed by atoms with Crippen molar-refractivity contribution in [3.63, 3.8) is 0 Å². The Bertz CT molecular complexity index is 1400. The van der Waals surface area contributed by atoms with Crippen molar-refractivity contribution in [2.75, 3.05) is 10.2 Å². The monoisotopic (exact) mass is 505 g/mol. The largest absolute Gasteiger partial charge is 0.350 e. The number of nitrogens with zero attached hydrogens (tertiary/aromatic N) is 1. The van der Waals surface area contributed by atoms with E-state index < -0.39 is 11.8 Å². The molecule has 0 aromatic heterocycles. The third-order valence-corrected chi connectivity index (χ3v) is 7.00. The SMILES string of the molecule is Cc1ccc(N(C(=O)/C=C/c2ccccc2)/C(C(=O)NC2CCCCC2)=C2\Nc3ccccc3C2=O)cc1. The molecular formula is C32H31N3O3. The zero-order valence-corrected chi connectivity index (χ0v) is 21.4. The molecule has 192 valence electrons. The van der Waals surface area contributed by atoms with Crippen molar-refractivity contribution in [2.45, 2.75) is 45.1 Å². The van der Waals surface area contributed by atoms with E-state index in [1.54, 1.807) is 36.4 Å². The number of nitrogens with one attached hydrogen (secondary N) is 2. The summed E-state index contributed by atoms with van der Waals surface area (Å²) in [6.45, 7) is 1.96.